The molecular weight excluding hydrogens is 542 g/mol. The van der Waals surface area contributed by atoms with Crippen LogP contribution in [0.1, 0.15) is 18.1 Å². The van der Waals surface area contributed by atoms with Crippen molar-refractivity contribution in [3.8, 4) is 23.3 Å². The van der Waals surface area contributed by atoms with E-state index in [0.29, 0.717) is 58.2 Å². The zero-order valence-corrected chi connectivity index (χ0v) is 24.8. The molecule has 1 amide bonds. The van der Waals surface area contributed by atoms with Gasteiger partial charge in [-0.25, -0.2) is 4.98 Å². The number of aromatic nitrogens is 3. The summed E-state index contributed by atoms with van der Waals surface area (Å²) < 4.78 is 13.9. The van der Waals surface area contributed by atoms with Gasteiger partial charge in [0.25, 0.3) is 0 Å². The van der Waals surface area contributed by atoms with Gasteiger partial charge in [0.2, 0.25) is 5.91 Å². The van der Waals surface area contributed by atoms with Crippen LogP contribution in [0.3, 0.4) is 0 Å². The van der Waals surface area contributed by atoms with Crippen LogP contribution in [0.25, 0.3) is 21.9 Å². The number of nitriles is 1. The van der Waals surface area contributed by atoms with E-state index in [2.05, 4.69) is 26.7 Å². The third-order valence-corrected chi connectivity index (χ3v) is 6.76. The number of imidazole rings is 1. The topological polar surface area (TPSA) is 117 Å². The smallest absolute Gasteiger partial charge is 0.248 e. The van der Waals surface area contributed by atoms with E-state index in [4.69, 9.17) is 9.47 Å². The van der Waals surface area contributed by atoms with E-state index in [0.717, 1.165) is 22.3 Å². The molecule has 0 fully saturated rings. The van der Waals surface area contributed by atoms with Crippen molar-refractivity contribution in [3.63, 3.8) is 0 Å². The summed E-state index contributed by atoms with van der Waals surface area (Å²) in [6.45, 7) is 4.88. The van der Waals surface area contributed by atoms with Crippen LogP contribution in [-0.2, 0) is 11.8 Å². The number of nitrogens with one attached hydrogen (secondary N) is 2. The van der Waals surface area contributed by atoms with Gasteiger partial charge in [-0.1, -0.05) is 6.08 Å². The summed E-state index contributed by atoms with van der Waals surface area (Å²) in [5.41, 5.74) is 5.59. The van der Waals surface area contributed by atoms with Crippen LogP contribution in [-0.4, -0.2) is 52.6 Å². The molecule has 0 spiro atoms. The first-order valence-electron chi connectivity index (χ1n) is 13.8. The molecule has 0 radical (unpaired) electrons. The van der Waals surface area contributed by atoms with E-state index in [-0.39, 0.29) is 5.91 Å². The summed E-state index contributed by atoms with van der Waals surface area (Å²) in [4.78, 5) is 23.5. The molecule has 3 aromatic carbocycles. The van der Waals surface area contributed by atoms with Gasteiger partial charge >= 0.3 is 0 Å². The Hall–Kier alpha value is -5.40. The Balaban J connectivity index is 1.45. The second kappa shape index (κ2) is 12.6. The second-order valence-corrected chi connectivity index (χ2v) is 10.3. The molecule has 0 saturated heterocycles. The highest BCUT2D eigenvalue weighted by Gasteiger charge is 2.16. The van der Waals surface area contributed by atoms with E-state index in [9.17, 15) is 10.1 Å². The minimum absolute atomic E-state index is 0.283. The number of hydrogen-bond donors (Lipinski definition) is 2. The SMILES string of the molecule is CCOc1cc2ncc(C#N)c(Nc3ccc(Oc4ccc5c(c4)ncn5C)c(C)c3)c2cc1NC(=O)/C=C/CN(C)C. The molecule has 2 aromatic heterocycles. The lowest BCUT2D eigenvalue weighted by Crippen LogP contribution is -2.13. The van der Waals surface area contributed by atoms with Gasteiger partial charge in [-0.05, 0) is 69.9 Å². The zero-order valence-electron chi connectivity index (χ0n) is 24.8. The number of pyridine rings is 1. The third kappa shape index (κ3) is 6.58. The summed E-state index contributed by atoms with van der Waals surface area (Å²) in [7, 11) is 5.81. The quantitative estimate of drug-likeness (QED) is 0.187. The number of ether oxygens (including phenoxy) is 2. The average molecular weight is 576 g/mol. The van der Waals surface area contributed by atoms with Gasteiger partial charge in [-0.3, -0.25) is 9.78 Å². The van der Waals surface area contributed by atoms with Gasteiger partial charge in [0.05, 0.1) is 46.4 Å². The van der Waals surface area contributed by atoms with E-state index in [1.165, 1.54) is 12.3 Å². The number of hydrogen-bond acceptors (Lipinski definition) is 8. The number of fused-ring (bicyclic) bond motifs is 2. The Morgan fingerprint density at radius 1 is 1.09 bits per heavy atom. The first-order valence-corrected chi connectivity index (χ1v) is 13.8. The number of nitrogens with zero attached hydrogens (tertiary/aromatic N) is 5. The highest BCUT2D eigenvalue weighted by atomic mass is 16.5. The number of likely N-dealkylation sites (N-methyl/N-ethyl adjacent to an activating group) is 1. The predicted octanol–water partition coefficient (Wildman–Crippen LogP) is 6.29. The van der Waals surface area contributed by atoms with Gasteiger partial charge in [-0.15, -0.1) is 0 Å². The minimum atomic E-state index is -0.283. The van der Waals surface area contributed by atoms with Gasteiger partial charge in [-0.2, -0.15) is 5.26 Å². The Bertz CT molecular complexity index is 1890. The maximum absolute atomic E-state index is 12.7. The van der Waals surface area contributed by atoms with Gasteiger partial charge in [0, 0.05) is 49.1 Å². The average Bonchev–Trinajstić information content (AvgIpc) is 3.34. The van der Waals surface area contributed by atoms with Crippen molar-refractivity contribution in [2.24, 2.45) is 7.05 Å². The minimum Gasteiger partial charge on any atom is -0.492 e. The largest absolute Gasteiger partial charge is 0.492 e. The van der Waals surface area contributed by atoms with Crippen LogP contribution in [0.2, 0.25) is 0 Å². The molecule has 43 heavy (non-hydrogen) atoms. The molecular formula is C33H33N7O3. The molecule has 0 aliphatic rings. The Morgan fingerprint density at radius 2 is 1.93 bits per heavy atom. The van der Waals surface area contributed by atoms with Crippen molar-refractivity contribution in [2.75, 3.05) is 37.9 Å². The summed E-state index contributed by atoms with van der Waals surface area (Å²) >= 11 is 0. The van der Waals surface area contributed by atoms with Crippen LogP contribution in [0.15, 0.2) is 73.2 Å². The Morgan fingerprint density at radius 3 is 2.67 bits per heavy atom. The summed E-state index contributed by atoms with van der Waals surface area (Å²) in [6.07, 6.45) is 6.58. The molecule has 10 nitrogen and oxygen atoms in total. The molecule has 5 rings (SSSR count). The van der Waals surface area contributed by atoms with Crippen LogP contribution in [0.5, 0.6) is 17.2 Å². The number of aryl methyl sites for hydroxylation is 2. The lowest BCUT2D eigenvalue weighted by molar-refractivity contribution is -0.111. The fourth-order valence-electron chi connectivity index (χ4n) is 4.65. The van der Waals surface area contributed by atoms with Crippen molar-refractivity contribution >= 4 is 44.9 Å². The molecule has 0 aliphatic heterocycles. The van der Waals surface area contributed by atoms with Crippen LogP contribution >= 0.6 is 0 Å². The lowest BCUT2D eigenvalue weighted by Gasteiger charge is -2.17. The standard InChI is InChI=1S/C33H33N7O3/c1-6-42-31-17-26-25(16-28(31)38-32(41)8-7-13-39(3)4)33(22(18-34)19-35-26)37-23-9-12-30(21(2)14-23)43-24-10-11-29-27(15-24)36-20-40(29)5/h7-12,14-17,19-20H,6,13H2,1-5H3,(H,35,37)(H,38,41)/b8-7+. The molecule has 0 atom stereocenters. The molecule has 0 aliphatic carbocycles. The van der Waals surface area contributed by atoms with E-state index in [1.807, 2.05) is 80.9 Å². The normalized spacial score (nSPS) is 11.3. The van der Waals surface area contributed by atoms with Crippen molar-refractivity contribution in [2.45, 2.75) is 13.8 Å². The number of amides is 1. The van der Waals surface area contributed by atoms with E-state index in [1.54, 1.807) is 24.5 Å². The van der Waals surface area contributed by atoms with Gasteiger partial charge in [0.15, 0.2) is 0 Å². The number of carbonyl (C=O) groups excluding carboxylic acids is 1. The van der Waals surface area contributed by atoms with E-state index < -0.39 is 0 Å². The van der Waals surface area contributed by atoms with Crippen molar-refractivity contribution in [1.82, 2.24) is 19.4 Å². The van der Waals surface area contributed by atoms with Gasteiger partial charge in [0.1, 0.15) is 23.3 Å². The molecule has 2 heterocycles. The molecule has 5 aromatic rings. The Labute approximate surface area is 250 Å². The Kier molecular flexibility index (Phi) is 8.55. The van der Waals surface area contributed by atoms with Crippen LogP contribution < -0.4 is 20.1 Å². The number of anilines is 3. The van der Waals surface area contributed by atoms with Crippen molar-refractivity contribution < 1.29 is 14.3 Å². The highest BCUT2D eigenvalue weighted by Crippen LogP contribution is 2.37. The van der Waals surface area contributed by atoms with Crippen molar-refractivity contribution in [3.05, 3.63) is 84.3 Å². The molecule has 10 heteroatoms. The van der Waals surface area contributed by atoms with Crippen molar-refractivity contribution in [1.29, 1.82) is 5.26 Å². The highest BCUT2D eigenvalue weighted by molar-refractivity contribution is 6.04. The monoisotopic (exact) mass is 575 g/mol. The molecule has 218 valence electrons. The van der Waals surface area contributed by atoms with Crippen LogP contribution in [0.4, 0.5) is 17.1 Å². The first kappa shape index (κ1) is 29.1. The first-order chi connectivity index (χ1) is 20.7. The number of rotatable bonds is 10. The second-order valence-electron chi connectivity index (χ2n) is 10.3. The molecule has 0 bridgehead atoms. The predicted molar refractivity (Wildman–Crippen MR) is 169 cm³/mol. The van der Waals surface area contributed by atoms with Crippen LogP contribution in [0, 0.1) is 18.3 Å². The fraction of sp³-hybridized carbons (Fsp3) is 0.212. The third-order valence-electron chi connectivity index (χ3n) is 6.76. The number of carbonyl (C=O) groups is 1. The maximum atomic E-state index is 12.7. The summed E-state index contributed by atoms with van der Waals surface area (Å²) in [6, 6.07) is 17.3. The lowest BCUT2D eigenvalue weighted by atomic mass is 10.1. The van der Waals surface area contributed by atoms with Gasteiger partial charge < -0.3 is 29.6 Å². The summed E-state index contributed by atoms with van der Waals surface area (Å²) in [5, 5.41) is 16.9. The number of benzene rings is 3. The maximum Gasteiger partial charge on any atom is 0.248 e. The summed E-state index contributed by atoms with van der Waals surface area (Å²) in [5.74, 6) is 1.61. The fourth-order valence-corrected chi connectivity index (χ4v) is 4.65. The molecule has 0 saturated carbocycles. The van der Waals surface area contributed by atoms with E-state index >= 15 is 0 Å². The molecule has 0 unspecified atom stereocenters. The zero-order chi connectivity index (χ0) is 30.5. The molecule has 2 N–H and O–H groups in total.